The van der Waals surface area contributed by atoms with E-state index in [9.17, 15) is 0 Å². The number of para-hydroxylation sites is 1. The van der Waals surface area contributed by atoms with Gasteiger partial charge in [0.15, 0.2) is 0 Å². The molecule has 0 radical (unpaired) electrons. The van der Waals surface area contributed by atoms with Crippen molar-refractivity contribution in [1.82, 2.24) is 9.97 Å². The number of hydrogen-bond acceptors (Lipinski definition) is 6. The minimum atomic E-state index is 0.359. The van der Waals surface area contributed by atoms with Gasteiger partial charge < -0.3 is 10.5 Å². The van der Waals surface area contributed by atoms with E-state index in [2.05, 4.69) is 46.7 Å². The first-order valence-corrected chi connectivity index (χ1v) is 10.9. The molecular weight excluding hydrogens is 404 g/mol. The standard InChI is InChI=1S/C25H24N4OS/c1-17(2)21-13-6-7-14-22(21)23-16-27-25(29-31-20-12-8-9-18(26)15-20)28-24(23)30-19-10-4-3-5-11-19/h3-17H,26H2,1-2H3,(H,27,28,29). The molecular formula is C25H24N4OS. The molecule has 3 N–H and O–H groups in total. The molecule has 3 aromatic carbocycles. The number of anilines is 2. The number of ether oxygens (including phenoxy) is 1. The Balaban J connectivity index is 1.69. The summed E-state index contributed by atoms with van der Waals surface area (Å²) in [6.07, 6.45) is 1.81. The van der Waals surface area contributed by atoms with E-state index in [1.807, 2.05) is 66.9 Å². The van der Waals surface area contributed by atoms with E-state index in [1.165, 1.54) is 17.5 Å². The largest absolute Gasteiger partial charge is 0.438 e. The summed E-state index contributed by atoms with van der Waals surface area (Å²) in [5.74, 6) is 2.05. The van der Waals surface area contributed by atoms with Crippen LogP contribution in [0.4, 0.5) is 11.6 Å². The van der Waals surface area contributed by atoms with Gasteiger partial charge in [-0.1, -0.05) is 62.4 Å². The fourth-order valence-corrected chi connectivity index (χ4v) is 3.86. The zero-order valence-electron chi connectivity index (χ0n) is 17.4. The highest BCUT2D eigenvalue weighted by molar-refractivity contribution is 8.00. The third kappa shape index (κ3) is 5.16. The molecule has 156 valence electrons. The summed E-state index contributed by atoms with van der Waals surface area (Å²) in [7, 11) is 0. The summed E-state index contributed by atoms with van der Waals surface area (Å²) < 4.78 is 9.38. The quantitative estimate of drug-likeness (QED) is 0.250. The van der Waals surface area contributed by atoms with Crippen molar-refractivity contribution in [2.75, 3.05) is 10.5 Å². The molecule has 0 atom stereocenters. The van der Waals surface area contributed by atoms with Gasteiger partial charge >= 0.3 is 0 Å². The zero-order valence-corrected chi connectivity index (χ0v) is 18.3. The normalized spacial score (nSPS) is 10.8. The van der Waals surface area contributed by atoms with Crippen molar-refractivity contribution >= 4 is 23.6 Å². The second-order valence-electron chi connectivity index (χ2n) is 7.35. The number of benzene rings is 3. The van der Waals surface area contributed by atoms with Crippen LogP contribution >= 0.6 is 11.9 Å². The Hall–Kier alpha value is -3.51. The van der Waals surface area contributed by atoms with E-state index >= 15 is 0 Å². The maximum Gasteiger partial charge on any atom is 0.236 e. The zero-order chi connectivity index (χ0) is 21.6. The molecule has 0 unspecified atom stereocenters. The molecule has 0 aliphatic rings. The number of nitrogens with one attached hydrogen (secondary N) is 1. The van der Waals surface area contributed by atoms with E-state index in [0.717, 1.165) is 21.8 Å². The van der Waals surface area contributed by atoms with Crippen LogP contribution in [0.3, 0.4) is 0 Å². The maximum absolute atomic E-state index is 6.19. The Kier molecular flexibility index (Phi) is 6.38. The third-order valence-corrected chi connectivity index (χ3v) is 5.48. The van der Waals surface area contributed by atoms with Gasteiger partial charge in [-0.3, -0.25) is 4.72 Å². The molecule has 4 aromatic rings. The van der Waals surface area contributed by atoms with E-state index in [4.69, 9.17) is 10.5 Å². The van der Waals surface area contributed by atoms with E-state index in [1.54, 1.807) is 0 Å². The van der Waals surface area contributed by atoms with Gasteiger partial charge in [0, 0.05) is 16.8 Å². The number of nitrogen functional groups attached to an aromatic ring is 1. The number of hydrogen-bond donors (Lipinski definition) is 2. The Labute approximate surface area is 186 Å². The first-order chi connectivity index (χ1) is 15.1. The second-order valence-corrected chi connectivity index (χ2v) is 8.23. The van der Waals surface area contributed by atoms with Crippen molar-refractivity contribution in [2.45, 2.75) is 24.7 Å². The lowest BCUT2D eigenvalue weighted by Gasteiger charge is -2.16. The SMILES string of the molecule is CC(C)c1ccccc1-c1cnc(NSc2cccc(N)c2)nc1Oc1ccccc1. The summed E-state index contributed by atoms with van der Waals surface area (Å²) >= 11 is 1.40. The molecule has 0 aliphatic heterocycles. The number of nitrogens with two attached hydrogens (primary N) is 1. The van der Waals surface area contributed by atoms with E-state index in [0.29, 0.717) is 23.4 Å². The molecule has 0 saturated carbocycles. The van der Waals surface area contributed by atoms with Crippen molar-refractivity contribution in [1.29, 1.82) is 0 Å². The molecule has 31 heavy (non-hydrogen) atoms. The van der Waals surface area contributed by atoms with Crippen LogP contribution in [0.5, 0.6) is 11.6 Å². The van der Waals surface area contributed by atoms with Gasteiger partial charge in [-0.05, 0) is 59.3 Å². The summed E-state index contributed by atoms with van der Waals surface area (Å²) in [6, 6.07) is 25.6. The monoisotopic (exact) mass is 428 g/mol. The van der Waals surface area contributed by atoms with Crippen molar-refractivity contribution in [2.24, 2.45) is 0 Å². The number of rotatable bonds is 7. The average molecular weight is 429 g/mol. The van der Waals surface area contributed by atoms with Crippen LogP contribution in [0.2, 0.25) is 0 Å². The van der Waals surface area contributed by atoms with Gasteiger partial charge in [0.05, 0.1) is 5.56 Å². The first kappa shape index (κ1) is 20.8. The molecule has 0 aliphatic carbocycles. The molecule has 0 spiro atoms. The lowest BCUT2D eigenvalue weighted by Crippen LogP contribution is -2.01. The predicted molar refractivity (Wildman–Crippen MR) is 128 cm³/mol. The molecule has 1 heterocycles. The predicted octanol–water partition coefficient (Wildman–Crippen LogP) is 6.76. The molecule has 0 amide bonds. The Morgan fingerprint density at radius 3 is 2.45 bits per heavy atom. The lowest BCUT2D eigenvalue weighted by atomic mass is 9.94. The summed E-state index contributed by atoms with van der Waals surface area (Å²) in [5.41, 5.74) is 9.72. The minimum absolute atomic E-state index is 0.359. The molecule has 0 bridgehead atoms. The van der Waals surface area contributed by atoms with Crippen molar-refractivity contribution in [3.8, 4) is 22.8 Å². The van der Waals surface area contributed by atoms with Crippen molar-refractivity contribution in [3.63, 3.8) is 0 Å². The Morgan fingerprint density at radius 2 is 1.68 bits per heavy atom. The smallest absolute Gasteiger partial charge is 0.236 e. The topological polar surface area (TPSA) is 73.1 Å². The van der Waals surface area contributed by atoms with Crippen molar-refractivity contribution in [3.05, 3.63) is 90.6 Å². The van der Waals surface area contributed by atoms with Gasteiger partial charge in [-0.2, -0.15) is 4.98 Å². The average Bonchev–Trinajstić information content (AvgIpc) is 2.79. The van der Waals surface area contributed by atoms with E-state index in [-0.39, 0.29) is 0 Å². The maximum atomic E-state index is 6.19. The van der Waals surface area contributed by atoms with Gasteiger partial charge in [0.25, 0.3) is 0 Å². The molecule has 0 saturated heterocycles. The van der Waals surface area contributed by atoms with Crippen LogP contribution in [0.15, 0.2) is 90.0 Å². The highest BCUT2D eigenvalue weighted by Gasteiger charge is 2.16. The van der Waals surface area contributed by atoms with Crippen LogP contribution in [0.25, 0.3) is 11.1 Å². The third-order valence-electron chi connectivity index (χ3n) is 4.70. The second kappa shape index (κ2) is 9.53. The van der Waals surface area contributed by atoms with Crippen LogP contribution in [-0.4, -0.2) is 9.97 Å². The van der Waals surface area contributed by atoms with Crippen LogP contribution in [-0.2, 0) is 0 Å². The molecule has 6 heteroatoms. The van der Waals surface area contributed by atoms with Crippen LogP contribution in [0.1, 0.15) is 25.3 Å². The molecule has 1 aromatic heterocycles. The Bertz CT molecular complexity index is 1170. The lowest BCUT2D eigenvalue weighted by molar-refractivity contribution is 0.464. The highest BCUT2D eigenvalue weighted by atomic mass is 32.2. The molecule has 5 nitrogen and oxygen atoms in total. The fraction of sp³-hybridized carbons (Fsp3) is 0.120. The number of aromatic nitrogens is 2. The van der Waals surface area contributed by atoms with Crippen molar-refractivity contribution < 1.29 is 4.74 Å². The molecule has 0 fully saturated rings. The summed E-state index contributed by atoms with van der Waals surface area (Å²) in [5, 5.41) is 0. The number of nitrogens with zero attached hydrogens (tertiary/aromatic N) is 2. The van der Waals surface area contributed by atoms with E-state index < -0.39 is 0 Å². The minimum Gasteiger partial charge on any atom is -0.438 e. The van der Waals surface area contributed by atoms with Crippen LogP contribution < -0.4 is 15.2 Å². The summed E-state index contributed by atoms with van der Waals surface area (Å²) in [6.45, 7) is 4.35. The Morgan fingerprint density at radius 1 is 0.903 bits per heavy atom. The fourth-order valence-electron chi connectivity index (χ4n) is 3.21. The summed E-state index contributed by atoms with van der Waals surface area (Å²) in [4.78, 5) is 10.2. The van der Waals surface area contributed by atoms with Gasteiger partial charge in [0.2, 0.25) is 11.8 Å². The van der Waals surface area contributed by atoms with Crippen LogP contribution in [0, 0.1) is 0 Å². The van der Waals surface area contributed by atoms with Gasteiger partial charge in [0.1, 0.15) is 5.75 Å². The highest BCUT2D eigenvalue weighted by Crippen LogP contribution is 2.36. The van der Waals surface area contributed by atoms with Gasteiger partial charge in [-0.25, -0.2) is 4.98 Å². The molecule has 4 rings (SSSR count). The first-order valence-electron chi connectivity index (χ1n) is 10.1. The van der Waals surface area contributed by atoms with Gasteiger partial charge in [-0.15, -0.1) is 0 Å².